The van der Waals surface area contributed by atoms with E-state index in [2.05, 4.69) is 11.5 Å². The van der Waals surface area contributed by atoms with Crippen LogP contribution in [0.25, 0.3) is 0 Å². The summed E-state index contributed by atoms with van der Waals surface area (Å²) in [5.41, 5.74) is 0.0347. The van der Waals surface area contributed by atoms with Crippen molar-refractivity contribution in [3.63, 3.8) is 0 Å². The van der Waals surface area contributed by atoms with Crippen molar-refractivity contribution in [2.45, 2.75) is 18.6 Å². The van der Waals surface area contributed by atoms with Crippen LogP contribution < -0.4 is 9.64 Å². The second kappa shape index (κ2) is 8.78. The Balaban J connectivity index is 1.41. The highest BCUT2D eigenvalue weighted by Crippen LogP contribution is 2.36. The summed E-state index contributed by atoms with van der Waals surface area (Å²) in [5.74, 6) is 0.265. The second-order valence-electron chi connectivity index (χ2n) is 7.60. The van der Waals surface area contributed by atoms with Gasteiger partial charge in [-0.1, -0.05) is 24.2 Å². The molecule has 2 heterocycles. The van der Waals surface area contributed by atoms with Gasteiger partial charge in [0.2, 0.25) is 5.91 Å². The van der Waals surface area contributed by atoms with Crippen molar-refractivity contribution in [3.8, 4) is 11.5 Å². The van der Waals surface area contributed by atoms with Gasteiger partial charge in [0.15, 0.2) is 0 Å². The Bertz CT molecular complexity index is 1060. The Labute approximate surface area is 188 Å². The van der Waals surface area contributed by atoms with E-state index < -0.39 is 11.7 Å². The summed E-state index contributed by atoms with van der Waals surface area (Å²) in [6, 6.07) is 10.0. The number of rotatable bonds is 5. The molecule has 0 radical (unpaired) electrons. The largest absolute Gasteiger partial charge is 0.456 e. The van der Waals surface area contributed by atoms with Crippen molar-refractivity contribution < 1.29 is 22.7 Å². The minimum Gasteiger partial charge on any atom is -0.456 e. The molecule has 168 valence electrons. The second-order valence-corrected chi connectivity index (χ2v) is 8.00. The molecule has 32 heavy (non-hydrogen) atoms. The van der Waals surface area contributed by atoms with Crippen LogP contribution in [-0.2, 0) is 11.0 Å². The third kappa shape index (κ3) is 4.70. The molecule has 2 aliphatic heterocycles. The summed E-state index contributed by atoms with van der Waals surface area (Å²) < 4.78 is 44.3. The molecular weight excluding hydrogens is 443 g/mol. The number of hydrogen-bond donors (Lipinski definition) is 0. The fourth-order valence-electron chi connectivity index (χ4n) is 3.80. The molecule has 2 aromatic carbocycles. The lowest BCUT2D eigenvalue weighted by Gasteiger charge is -2.27. The monoisotopic (exact) mass is 463 g/mol. The lowest BCUT2D eigenvalue weighted by molar-refractivity contribution is -0.137. The van der Waals surface area contributed by atoms with Gasteiger partial charge < -0.3 is 19.4 Å². The van der Waals surface area contributed by atoms with Crippen molar-refractivity contribution in [2.75, 3.05) is 24.7 Å². The number of amides is 1. The van der Waals surface area contributed by atoms with Gasteiger partial charge in [-0.25, -0.2) is 0 Å². The predicted octanol–water partition coefficient (Wildman–Crippen LogP) is 5.49. The number of halogens is 4. The third-order valence-electron chi connectivity index (χ3n) is 5.51. The van der Waals surface area contributed by atoms with Gasteiger partial charge in [-0.2, -0.15) is 13.2 Å². The first kappa shape index (κ1) is 22.1. The van der Waals surface area contributed by atoms with Crippen molar-refractivity contribution in [1.82, 2.24) is 9.80 Å². The van der Waals surface area contributed by atoms with Crippen molar-refractivity contribution in [1.29, 1.82) is 0 Å². The third-order valence-corrected chi connectivity index (χ3v) is 5.80. The van der Waals surface area contributed by atoms with Crippen LogP contribution in [0.4, 0.5) is 18.9 Å². The zero-order valence-corrected chi connectivity index (χ0v) is 17.8. The molecular formula is C23H21ClF3N3O2. The Morgan fingerprint density at radius 3 is 2.72 bits per heavy atom. The molecule has 1 fully saturated rings. The molecule has 0 spiro atoms. The first-order valence-corrected chi connectivity index (χ1v) is 10.4. The van der Waals surface area contributed by atoms with Gasteiger partial charge in [-0.05, 0) is 48.9 Å². The molecule has 1 unspecified atom stereocenters. The zero-order chi connectivity index (χ0) is 22.9. The summed E-state index contributed by atoms with van der Waals surface area (Å²) in [7, 11) is 0. The minimum atomic E-state index is -4.45. The van der Waals surface area contributed by atoms with Crippen LogP contribution >= 0.6 is 11.6 Å². The van der Waals surface area contributed by atoms with E-state index in [-0.39, 0.29) is 28.5 Å². The van der Waals surface area contributed by atoms with Gasteiger partial charge in [0.25, 0.3) is 0 Å². The summed E-state index contributed by atoms with van der Waals surface area (Å²) in [6.45, 7) is 5.49. The maximum atomic E-state index is 12.9. The summed E-state index contributed by atoms with van der Waals surface area (Å²) in [5, 5.41) is 0.287. The summed E-state index contributed by atoms with van der Waals surface area (Å²) >= 11 is 6.36. The molecule has 0 saturated carbocycles. The maximum absolute atomic E-state index is 12.9. The highest BCUT2D eigenvalue weighted by atomic mass is 35.5. The molecule has 0 N–H and O–H groups in total. The van der Waals surface area contributed by atoms with E-state index >= 15 is 0 Å². The number of hydrogen-bond acceptors (Lipinski definition) is 4. The van der Waals surface area contributed by atoms with E-state index in [9.17, 15) is 18.0 Å². The fourth-order valence-corrected chi connectivity index (χ4v) is 4.01. The number of carbonyl (C=O) groups is 1. The zero-order valence-electron chi connectivity index (χ0n) is 17.1. The van der Waals surface area contributed by atoms with Gasteiger partial charge >= 0.3 is 6.18 Å². The SMILES string of the molecule is C=CC(=O)N1CCC(N2C=CN(c3ccc(Oc4cccc(C(F)(F)F)c4)c(Cl)c3)C2)C1. The van der Waals surface area contributed by atoms with Gasteiger partial charge in [-0.3, -0.25) is 4.79 Å². The Morgan fingerprint density at radius 2 is 2.00 bits per heavy atom. The molecule has 2 aromatic rings. The number of anilines is 1. The maximum Gasteiger partial charge on any atom is 0.416 e. The lowest BCUT2D eigenvalue weighted by atomic mass is 10.2. The molecule has 0 bridgehead atoms. The van der Waals surface area contributed by atoms with E-state index in [0.717, 1.165) is 24.2 Å². The standard InChI is InChI=1S/C23H21ClF3N3O2/c1-2-22(31)28-9-8-18(14-28)30-11-10-29(15-30)17-6-7-21(20(24)13-17)32-19-5-3-4-16(12-19)23(25,26)27/h2-7,10-13,18H,1,8-9,14-15H2. The Kier molecular flexibility index (Phi) is 6.06. The van der Waals surface area contributed by atoms with Gasteiger partial charge in [-0.15, -0.1) is 0 Å². The summed E-state index contributed by atoms with van der Waals surface area (Å²) in [6.07, 6.45) is 1.67. The molecule has 9 heteroatoms. The molecule has 0 aromatic heterocycles. The quantitative estimate of drug-likeness (QED) is 0.549. The van der Waals surface area contributed by atoms with Gasteiger partial charge in [0, 0.05) is 37.2 Å². The molecule has 2 aliphatic rings. The Morgan fingerprint density at radius 1 is 1.19 bits per heavy atom. The van der Waals surface area contributed by atoms with E-state index in [4.69, 9.17) is 16.3 Å². The number of ether oxygens (including phenoxy) is 1. The van der Waals surface area contributed by atoms with Gasteiger partial charge in [0.1, 0.15) is 11.5 Å². The number of nitrogens with zero attached hydrogens (tertiary/aromatic N) is 3. The van der Waals surface area contributed by atoms with Gasteiger partial charge in [0.05, 0.1) is 17.3 Å². The van der Waals surface area contributed by atoms with E-state index in [1.54, 1.807) is 23.1 Å². The minimum absolute atomic E-state index is 0.0570. The molecule has 1 atom stereocenters. The first-order valence-electron chi connectivity index (χ1n) is 10.0. The van der Waals surface area contributed by atoms with Crippen LogP contribution in [0.3, 0.4) is 0 Å². The van der Waals surface area contributed by atoms with Crippen molar-refractivity contribution in [3.05, 3.63) is 78.1 Å². The molecule has 1 amide bonds. The van der Waals surface area contributed by atoms with E-state index in [1.807, 2.05) is 17.3 Å². The summed E-state index contributed by atoms with van der Waals surface area (Å²) in [4.78, 5) is 17.8. The number of alkyl halides is 3. The van der Waals surface area contributed by atoms with Crippen molar-refractivity contribution >= 4 is 23.2 Å². The molecule has 1 saturated heterocycles. The van der Waals surface area contributed by atoms with Crippen LogP contribution in [0.15, 0.2) is 67.5 Å². The topological polar surface area (TPSA) is 36.0 Å². The van der Waals surface area contributed by atoms with Crippen LogP contribution in [0, 0.1) is 0 Å². The van der Waals surface area contributed by atoms with E-state index in [0.29, 0.717) is 19.8 Å². The predicted molar refractivity (Wildman–Crippen MR) is 116 cm³/mol. The number of carbonyl (C=O) groups excluding carboxylic acids is 1. The normalized spacial score (nSPS) is 18.4. The van der Waals surface area contributed by atoms with Crippen molar-refractivity contribution in [2.24, 2.45) is 0 Å². The average Bonchev–Trinajstić information content (AvgIpc) is 3.44. The first-order chi connectivity index (χ1) is 15.2. The molecule has 0 aliphatic carbocycles. The smallest absolute Gasteiger partial charge is 0.416 e. The lowest BCUT2D eigenvalue weighted by Crippen LogP contribution is -2.37. The van der Waals surface area contributed by atoms with Crippen LogP contribution in [-0.4, -0.2) is 41.5 Å². The van der Waals surface area contributed by atoms with Crippen LogP contribution in [0.5, 0.6) is 11.5 Å². The number of benzene rings is 2. The average molecular weight is 464 g/mol. The Hall–Kier alpha value is -3.13. The molecule has 4 rings (SSSR count). The highest BCUT2D eigenvalue weighted by molar-refractivity contribution is 6.32. The molecule has 5 nitrogen and oxygen atoms in total. The van der Waals surface area contributed by atoms with E-state index in [1.165, 1.54) is 18.2 Å². The van der Waals surface area contributed by atoms with Crippen LogP contribution in [0.1, 0.15) is 12.0 Å². The fraction of sp³-hybridized carbons (Fsp3) is 0.261. The number of likely N-dealkylation sites (tertiary alicyclic amines) is 1. The highest BCUT2D eigenvalue weighted by Gasteiger charge is 2.31. The van der Waals surface area contributed by atoms with Crippen LogP contribution in [0.2, 0.25) is 5.02 Å².